The highest BCUT2D eigenvalue weighted by Crippen LogP contribution is 2.76. The maximum atomic E-state index is 12.6. The van der Waals surface area contributed by atoms with E-state index in [4.69, 9.17) is 0 Å². The molecule has 0 amide bonds. The summed E-state index contributed by atoms with van der Waals surface area (Å²) in [6.07, 6.45) is 11.8. The number of carboxylic acids is 1. The Morgan fingerprint density at radius 2 is 1.55 bits per heavy atom. The van der Waals surface area contributed by atoms with E-state index < -0.39 is 11.4 Å². The van der Waals surface area contributed by atoms with Gasteiger partial charge < -0.3 is 10.2 Å². The Morgan fingerprint density at radius 1 is 0.939 bits per heavy atom. The number of aliphatic hydroxyl groups is 1. The molecule has 0 aromatic carbocycles. The highest BCUT2D eigenvalue weighted by Gasteiger charge is 2.68. The van der Waals surface area contributed by atoms with Gasteiger partial charge in [0.25, 0.3) is 0 Å². The number of hydrogen-bond acceptors (Lipinski definition) is 3. The standard InChI is InChI=1S/C29H40O4/c1-17-18-7-8-21-27(4,19(18)15-20(30)23(17)31)12-14-29(6)22-16-26(3,24(32)33)10-9-25(22,2)11-13-28(21,29)5/h7,15,21-22,31H,8-14,16H2,1-6H3,(H,32,33)/t21?,22-,25-,26-,27+,28-,29+/m1/s1. The van der Waals surface area contributed by atoms with Crippen LogP contribution in [-0.2, 0) is 9.59 Å². The fraction of sp³-hybridized carbons (Fsp3) is 0.724. The minimum absolute atomic E-state index is 0.0684. The monoisotopic (exact) mass is 452 g/mol. The van der Waals surface area contributed by atoms with Gasteiger partial charge >= 0.3 is 5.97 Å². The molecule has 0 radical (unpaired) electrons. The summed E-state index contributed by atoms with van der Waals surface area (Å²) in [4.78, 5) is 24.9. The first-order chi connectivity index (χ1) is 15.2. The highest BCUT2D eigenvalue weighted by molar-refractivity contribution is 6.06. The van der Waals surface area contributed by atoms with Crippen molar-refractivity contribution in [2.45, 2.75) is 92.9 Å². The predicted octanol–water partition coefficient (Wildman–Crippen LogP) is 6.78. The first-order valence-electron chi connectivity index (χ1n) is 12.8. The summed E-state index contributed by atoms with van der Waals surface area (Å²) in [5.41, 5.74) is 2.51. The number of aliphatic carboxylic acids is 1. The van der Waals surface area contributed by atoms with E-state index in [2.05, 4.69) is 33.8 Å². The van der Waals surface area contributed by atoms with Crippen LogP contribution in [0.3, 0.4) is 0 Å². The molecule has 1 unspecified atom stereocenters. The molecule has 0 aliphatic heterocycles. The largest absolute Gasteiger partial charge is 0.504 e. The highest BCUT2D eigenvalue weighted by atomic mass is 16.4. The Labute approximate surface area is 198 Å². The summed E-state index contributed by atoms with van der Waals surface area (Å²) >= 11 is 0. The normalized spacial score (nSPS) is 49.2. The van der Waals surface area contributed by atoms with E-state index in [1.807, 2.05) is 13.8 Å². The second-order valence-corrected chi connectivity index (χ2v) is 13.3. The van der Waals surface area contributed by atoms with Crippen molar-refractivity contribution in [1.29, 1.82) is 0 Å². The molecule has 7 atom stereocenters. The molecule has 3 fully saturated rings. The molecule has 4 nitrogen and oxygen atoms in total. The van der Waals surface area contributed by atoms with Crippen LogP contribution in [0.1, 0.15) is 92.9 Å². The zero-order valence-electron chi connectivity index (χ0n) is 21.2. The smallest absolute Gasteiger partial charge is 0.309 e. The molecule has 4 heteroatoms. The molecule has 0 saturated heterocycles. The van der Waals surface area contributed by atoms with E-state index in [1.54, 1.807) is 6.08 Å². The Kier molecular flexibility index (Phi) is 4.61. The molecule has 5 rings (SSSR count). The summed E-state index contributed by atoms with van der Waals surface area (Å²) in [6.45, 7) is 13.6. The summed E-state index contributed by atoms with van der Waals surface area (Å²) in [5.74, 6) is -0.217. The van der Waals surface area contributed by atoms with Crippen LogP contribution in [0.25, 0.3) is 0 Å². The van der Waals surface area contributed by atoms with Crippen LogP contribution in [0.15, 0.2) is 34.6 Å². The van der Waals surface area contributed by atoms with Crippen molar-refractivity contribution in [2.75, 3.05) is 0 Å². The molecule has 3 saturated carbocycles. The first-order valence-corrected chi connectivity index (χ1v) is 12.8. The second-order valence-electron chi connectivity index (χ2n) is 13.3. The van der Waals surface area contributed by atoms with Crippen molar-refractivity contribution in [3.05, 3.63) is 34.6 Å². The van der Waals surface area contributed by atoms with Gasteiger partial charge in [0.05, 0.1) is 5.41 Å². The molecule has 180 valence electrons. The van der Waals surface area contributed by atoms with Crippen molar-refractivity contribution < 1.29 is 19.8 Å². The van der Waals surface area contributed by atoms with Crippen LogP contribution in [0.4, 0.5) is 0 Å². The van der Waals surface area contributed by atoms with Gasteiger partial charge in [-0.3, -0.25) is 9.59 Å². The number of ketones is 1. The quantitative estimate of drug-likeness (QED) is 0.460. The van der Waals surface area contributed by atoms with Crippen LogP contribution >= 0.6 is 0 Å². The lowest BCUT2D eigenvalue weighted by Crippen LogP contribution is -2.64. The molecule has 0 aromatic heterocycles. The number of rotatable bonds is 1. The summed E-state index contributed by atoms with van der Waals surface area (Å²) in [7, 11) is 0. The fourth-order valence-electron chi connectivity index (χ4n) is 9.29. The van der Waals surface area contributed by atoms with Crippen LogP contribution in [-0.4, -0.2) is 22.0 Å². The summed E-state index contributed by atoms with van der Waals surface area (Å²) < 4.78 is 0. The minimum atomic E-state index is -0.640. The van der Waals surface area contributed by atoms with Crippen LogP contribution in [0, 0.1) is 38.9 Å². The molecular weight excluding hydrogens is 412 g/mol. The van der Waals surface area contributed by atoms with E-state index in [0.29, 0.717) is 11.8 Å². The first kappa shape index (κ1) is 22.9. The van der Waals surface area contributed by atoms with Gasteiger partial charge in [-0.15, -0.1) is 0 Å². The lowest BCUT2D eigenvalue weighted by atomic mass is 9.32. The molecule has 0 aromatic rings. The van der Waals surface area contributed by atoms with Crippen LogP contribution < -0.4 is 0 Å². The van der Waals surface area contributed by atoms with E-state index in [1.165, 1.54) is 0 Å². The van der Waals surface area contributed by atoms with Gasteiger partial charge in [0.15, 0.2) is 5.76 Å². The third-order valence-electron chi connectivity index (χ3n) is 12.0. The Bertz CT molecular complexity index is 1050. The van der Waals surface area contributed by atoms with Crippen molar-refractivity contribution in [3.8, 4) is 0 Å². The van der Waals surface area contributed by atoms with Crippen LogP contribution in [0.5, 0.6) is 0 Å². The average Bonchev–Trinajstić information content (AvgIpc) is 2.75. The Morgan fingerprint density at radius 3 is 2.21 bits per heavy atom. The van der Waals surface area contributed by atoms with E-state index in [0.717, 1.165) is 68.1 Å². The number of carboxylic acid groups (broad SMARTS) is 1. The fourth-order valence-corrected chi connectivity index (χ4v) is 9.29. The molecule has 33 heavy (non-hydrogen) atoms. The maximum absolute atomic E-state index is 12.6. The Hall–Kier alpha value is -1.84. The van der Waals surface area contributed by atoms with Crippen molar-refractivity contribution in [1.82, 2.24) is 0 Å². The second kappa shape index (κ2) is 6.64. The number of aliphatic hydroxyl groups excluding tert-OH is 1. The minimum Gasteiger partial charge on any atom is -0.504 e. The SMILES string of the molecule is CC1=C(O)C(=O)C=C2C1=CCC1[C@@]2(C)CC[C@@]2(C)[C@@H]3C[C@](C)(C(=O)O)CC[C@]3(C)CC[C@]12C. The zero-order valence-corrected chi connectivity index (χ0v) is 21.2. The summed E-state index contributed by atoms with van der Waals surface area (Å²) in [5, 5.41) is 20.4. The molecule has 0 bridgehead atoms. The van der Waals surface area contributed by atoms with Crippen molar-refractivity contribution in [3.63, 3.8) is 0 Å². The molecular formula is C29H40O4. The van der Waals surface area contributed by atoms with Gasteiger partial charge in [-0.25, -0.2) is 0 Å². The lowest BCUT2D eigenvalue weighted by Gasteiger charge is -2.72. The van der Waals surface area contributed by atoms with Gasteiger partial charge in [0.1, 0.15) is 0 Å². The van der Waals surface area contributed by atoms with Gasteiger partial charge in [-0.05, 0) is 116 Å². The predicted molar refractivity (Wildman–Crippen MR) is 129 cm³/mol. The molecule has 5 aliphatic rings. The van der Waals surface area contributed by atoms with E-state index >= 15 is 0 Å². The molecule has 0 spiro atoms. The van der Waals surface area contributed by atoms with Crippen molar-refractivity contribution >= 4 is 11.8 Å². The topological polar surface area (TPSA) is 74.6 Å². The molecule has 5 aliphatic carbocycles. The Balaban J connectivity index is 1.60. The van der Waals surface area contributed by atoms with Gasteiger partial charge in [0.2, 0.25) is 5.78 Å². The number of carbonyl (C=O) groups excluding carboxylic acids is 1. The number of fused-ring (bicyclic) bond motifs is 7. The third-order valence-corrected chi connectivity index (χ3v) is 12.0. The van der Waals surface area contributed by atoms with Gasteiger partial charge in [-0.1, -0.05) is 33.8 Å². The van der Waals surface area contributed by atoms with E-state index in [-0.39, 0.29) is 33.2 Å². The molecule has 0 heterocycles. The molecule has 2 N–H and O–H groups in total. The van der Waals surface area contributed by atoms with Crippen molar-refractivity contribution in [2.24, 2.45) is 38.9 Å². The lowest BCUT2D eigenvalue weighted by molar-refractivity contribution is -0.217. The number of hydrogen-bond donors (Lipinski definition) is 2. The summed E-state index contributed by atoms with van der Waals surface area (Å²) in [6, 6.07) is 0. The third kappa shape index (κ3) is 2.70. The average molecular weight is 453 g/mol. The van der Waals surface area contributed by atoms with E-state index in [9.17, 15) is 19.8 Å². The van der Waals surface area contributed by atoms with Gasteiger partial charge in [-0.2, -0.15) is 0 Å². The maximum Gasteiger partial charge on any atom is 0.309 e. The number of allylic oxidation sites excluding steroid dienone is 5. The number of carbonyl (C=O) groups is 2. The van der Waals surface area contributed by atoms with Crippen LogP contribution in [0.2, 0.25) is 0 Å². The zero-order chi connectivity index (χ0) is 24.2. The van der Waals surface area contributed by atoms with Gasteiger partial charge in [0, 0.05) is 5.57 Å².